The van der Waals surface area contributed by atoms with Crippen LogP contribution in [0, 0.1) is 10.1 Å². The van der Waals surface area contributed by atoms with Crippen molar-refractivity contribution < 1.29 is 29.0 Å². The van der Waals surface area contributed by atoms with Gasteiger partial charge >= 0.3 is 0 Å². The molecule has 2 rings (SSSR count). The minimum Gasteiger partial charge on any atom is -0.493 e. The summed E-state index contributed by atoms with van der Waals surface area (Å²) in [6, 6.07) is 9.04. The molecule has 0 saturated carbocycles. The molecule has 26 heavy (non-hydrogen) atoms. The maximum atomic E-state index is 11.0. The Morgan fingerprint density at radius 1 is 0.962 bits per heavy atom. The predicted molar refractivity (Wildman–Crippen MR) is 93.5 cm³/mol. The number of ether oxygens (including phenoxy) is 4. The molecule has 140 valence electrons. The molecule has 0 fully saturated rings. The molecule has 8 nitrogen and oxygen atoms in total. The lowest BCUT2D eigenvalue weighted by molar-refractivity contribution is -0.385. The van der Waals surface area contributed by atoms with E-state index >= 15 is 0 Å². The van der Waals surface area contributed by atoms with Gasteiger partial charge in [-0.3, -0.25) is 10.1 Å². The molecule has 0 spiro atoms. The van der Waals surface area contributed by atoms with Gasteiger partial charge in [0, 0.05) is 31.9 Å². The van der Waals surface area contributed by atoms with Crippen molar-refractivity contribution in [2.75, 3.05) is 28.4 Å². The number of nitro groups is 1. The Morgan fingerprint density at radius 3 is 2.04 bits per heavy atom. The molecule has 0 aliphatic heterocycles. The molecule has 2 aromatic carbocycles. The molecule has 0 bridgehead atoms. The van der Waals surface area contributed by atoms with E-state index in [-0.39, 0.29) is 5.69 Å². The van der Waals surface area contributed by atoms with Crippen LogP contribution < -0.4 is 9.47 Å². The SMILES string of the molecule is COc1cc(C(OC)OC)c(C(O)c2cccc([N+](=O)[O-])c2)cc1OC. The van der Waals surface area contributed by atoms with Crippen molar-refractivity contribution in [1.82, 2.24) is 0 Å². The second-order valence-corrected chi connectivity index (χ2v) is 5.39. The second-order valence-electron chi connectivity index (χ2n) is 5.39. The van der Waals surface area contributed by atoms with Gasteiger partial charge < -0.3 is 24.1 Å². The summed E-state index contributed by atoms with van der Waals surface area (Å²) >= 11 is 0. The van der Waals surface area contributed by atoms with E-state index in [0.29, 0.717) is 28.2 Å². The lowest BCUT2D eigenvalue weighted by atomic mass is 9.95. The highest BCUT2D eigenvalue weighted by Crippen LogP contribution is 2.39. The Kier molecular flexibility index (Phi) is 6.51. The van der Waals surface area contributed by atoms with Gasteiger partial charge in [0.05, 0.1) is 19.1 Å². The fraction of sp³-hybridized carbons (Fsp3) is 0.333. The van der Waals surface area contributed by atoms with Gasteiger partial charge in [-0.05, 0) is 23.3 Å². The average Bonchev–Trinajstić information content (AvgIpc) is 2.67. The number of nitrogens with zero attached hydrogens (tertiary/aromatic N) is 1. The number of rotatable bonds is 8. The van der Waals surface area contributed by atoms with E-state index in [1.165, 1.54) is 46.6 Å². The first kappa shape index (κ1) is 19.6. The van der Waals surface area contributed by atoms with Crippen LogP contribution in [0.2, 0.25) is 0 Å². The average molecular weight is 363 g/mol. The minimum absolute atomic E-state index is 0.112. The van der Waals surface area contributed by atoms with Crippen LogP contribution in [-0.2, 0) is 9.47 Å². The van der Waals surface area contributed by atoms with Crippen molar-refractivity contribution in [3.8, 4) is 11.5 Å². The molecule has 1 unspecified atom stereocenters. The zero-order valence-corrected chi connectivity index (χ0v) is 15.0. The van der Waals surface area contributed by atoms with Crippen LogP contribution in [0.15, 0.2) is 36.4 Å². The third-order valence-electron chi connectivity index (χ3n) is 3.96. The summed E-state index contributed by atoms with van der Waals surface area (Å²) < 4.78 is 21.2. The number of non-ortho nitro benzene ring substituents is 1. The zero-order chi connectivity index (χ0) is 19.3. The summed E-state index contributed by atoms with van der Waals surface area (Å²) in [5.74, 6) is 0.846. The Hall–Kier alpha value is -2.68. The molecular formula is C18H21NO7. The highest BCUT2D eigenvalue weighted by atomic mass is 16.7. The normalized spacial score (nSPS) is 12.1. The van der Waals surface area contributed by atoms with Gasteiger partial charge in [-0.15, -0.1) is 0 Å². The van der Waals surface area contributed by atoms with Crippen LogP contribution in [-0.4, -0.2) is 38.5 Å². The molecule has 0 saturated heterocycles. The maximum absolute atomic E-state index is 11.0. The first-order valence-corrected chi connectivity index (χ1v) is 7.70. The number of methoxy groups -OCH3 is 4. The molecule has 1 N–H and O–H groups in total. The van der Waals surface area contributed by atoms with E-state index < -0.39 is 17.3 Å². The van der Waals surface area contributed by atoms with Gasteiger partial charge in [0.25, 0.3) is 5.69 Å². The number of benzene rings is 2. The summed E-state index contributed by atoms with van der Waals surface area (Å²) in [5, 5.41) is 21.9. The fourth-order valence-electron chi connectivity index (χ4n) is 2.69. The standard InChI is InChI=1S/C18H21NO7/c1-23-15-9-13(14(10-16(15)24-2)18(25-3)26-4)17(20)11-6-5-7-12(8-11)19(21)22/h5-10,17-18,20H,1-4H3. The summed E-state index contributed by atoms with van der Waals surface area (Å²) in [6.45, 7) is 0. The molecular weight excluding hydrogens is 342 g/mol. The monoisotopic (exact) mass is 363 g/mol. The highest BCUT2D eigenvalue weighted by molar-refractivity contribution is 5.51. The first-order valence-electron chi connectivity index (χ1n) is 7.70. The third kappa shape index (κ3) is 3.93. The Bertz CT molecular complexity index is 774. The van der Waals surface area contributed by atoms with Gasteiger partial charge in [-0.1, -0.05) is 12.1 Å². The van der Waals surface area contributed by atoms with E-state index in [4.69, 9.17) is 18.9 Å². The van der Waals surface area contributed by atoms with Crippen LogP contribution >= 0.6 is 0 Å². The molecule has 1 atom stereocenters. The number of hydrogen-bond donors (Lipinski definition) is 1. The Labute approximate surface area is 151 Å². The Morgan fingerprint density at radius 2 is 1.54 bits per heavy atom. The van der Waals surface area contributed by atoms with E-state index in [1.807, 2.05) is 0 Å². The molecule has 0 aliphatic rings. The number of aliphatic hydroxyl groups excluding tert-OH is 1. The van der Waals surface area contributed by atoms with Crippen molar-refractivity contribution >= 4 is 5.69 Å². The van der Waals surface area contributed by atoms with Gasteiger partial charge in [-0.25, -0.2) is 0 Å². The molecule has 0 aliphatic carbocycles. The lowest BCUT2D eigenvalue weighted by Crippen LogP contribution is -2.12. The van der Waals surface area contributed by atoms with Gasteiger partial charge in [0.1, 0.15) is 6.10 Å². The predicted octanol–water partition coefficient (Wildman–Crippen LogP) is 2.99. The maximum Gasteiger partial charge on any atom is 0.269 e. The highest BCUT2D eigenvalue weighted by Gasteiger charge is 2.25. The van der Waals surface area contributed by atoms with Crippen molar-refractivity contribution in [2.45, 2.75) is 12.4 Å². The van der Waals surface area contributed by atoms with Crippen LogP contribution in [0.4, 0.5) is 5.69 Å². The van der Waals surface area contributed by atoms with Gasteiger partial charge in [-0.2, -0.15) is 0 Å². The second kappa shape index (κ2) is 8.61. The summed E-state index contributed by atoms with van der Waals surface area (Å²) in [5.41, 5.74) is 1.20. The molecule has 8 heteroatoms. The topological polar surface area (TPSA) is 100 Å². The summed E-state index contributed by atoms with van der Waals surface area (Å²) in [7, 11) is 5.90. The van der Waals surface area contributed by atoms with Crippen LogP contribution in [0.5, 0.6) is 11.5 Å². The minimum atomic E-state index is -1.16. The fourth-order valence-corrected chi connectivity index (χ4v) is 2.69. The molecule has 0 amide bonds. The number of hydrogen-bond acceptors (Lipinski definition) is 7. The Balaban J connectivity index is 2.61. The molecule has 2 aromatic rings. The molecule has 0 radical (unpaired) electrons. The van der Waals surface area contributed by atoms with Crippen molar-refractivity contribution in [2.24, 2.45) is 0 Å². The largest absolute Gasteiger partial charge is 0.493 e. The van der Waals surface area contributed by atoms with E-state index in [1.54, 1.807) is 18.2 Å². The summed E-state index contributed by atoms with van der Waals surface area (Å²) in [4.78, 5) is 10.5. The lowest BCUT2D eigenvalue weighted by Gasteiger charge is -2.23. The van der Waals surface area contributed by atoms with Crippen molar-refractivity contribution in [3.63, 3.8) is 0 Å². The molecule has 0 heterocycles. The number of aliphatic hydroxyl groups is 1. The van der Waals surface area contributed by atoms with Crippen molar-refractivity contribution in [1.29, 1.82) is 0 Å². The van der Waals surface area contributed by atoms with E-state index in [2.05, 4.69) is 0 Å². The number of nitro benzene ring substituents is 1. The van der Waals surface area contributed by atoms with E-state index in [9.17, 15) is 15.2 Å². The van der Waals surface area contributed by atoms with Crippen LogP contribution in [0.25, 0.3) is 0 Å². The first-order chi connectivity index (χ1) is 12.5. The van der Waals surface area contributed by atoms with Crippen LogP contribution in [0.3, 0.4) is 0 Å². The van der Waals surface area contributed by atoms with Gasteiger partial charge in [0.2, 0.25) is 0 Å². The van der Waals surface area contributed by atoms with E-state index in [0.717, 1.165) is 0 Å². The van der Waals surface area contributed by atoms with Crippen LogP contribution in [0.1, 0.15) is 29.1 Å². The van der Waals surface area contributed by atoms with Crippen molar-refractivity contribution in [3.05, 3.63) is 63.2 Å². The quantitative estimate of drug-likeness (QED) is 0.437. The smallest absolute Gasteiger partial charge is 0.269 e. The zero-order valence-electron chi connectivity index (χ0n) is 15.0. The summed E-state index contributed by atoms with van der Waals surface area (Å²) in [6.07, 6.45) is -1.92. The third-order valence-corrected chi connectivity index (χ3v) is 3.96. The molecule has 0 aromatic heterocycles. The van der Waals surface area contributed by atoms with Gasteiger partial charge in [0.15, 0.2) is 17.8 Å².